The van der Waals surface area contributed by atoms with Crippen LogP contribution in [0.5, 0.6) is 0 Å². The summed E-state index contributed by atoms with van der Waals surface area (Å²) in [5.41, 5.74) is 0.890. The van der Waals surface area contributed by atoms with Gasteiger partial charge in [-0.3, -0.25) is 0 Å². The van der Waals surface area contributed by atoms with Crippen LogP contribution in [0.4, 0.5) is 0 Å². The molecule has 4 nitrogen and oxygen atoms in total. The van der Waals surface area contributed by atoms with Crippen molar-refractivity contribution in [2.75, 3.05) is 19.8 Å². The van der Waals surface area contributed by atoms with Gasteiger partial charge in [0.15, 0.2) is 5.73 Å². The van der Waals surface area contributed by atoms with E-state index >= 15 is 0 Å². The van der Waals surface area contributed by atoms with Gasteiger partial charge in [-0.25, -0.2) is 0 Å². The highest BCUT2D eigenvalue weighted by Crippen LogP contribution is 2.21. The Hall–Kier alpha value is -1.14. The number of ether oxygens (including phenoxy) is 1. The van der Waals surface area contributed by atoms with Gasteiger partial charge < -0.3 is 18.0 Å². The molecule has 1 unspecified atom stereocenters. The van der Waals surface area contributed by atoms with Crippen LogP contribution < -0.4 is 0 Å². The molecule has 0 bridgehead atoms. The standard InChI is InChI=1S/C17H28O4Si/c1-5-17(18-15-14-16-12-10-9-11-13-16)22(19-6-2,20-7-3)21-8-4/h9-15,17H,5-8H2,1-4H3. The van der Waals surface area contributed by atoms with E-state index in [1.165, 1.54) is 0 Å². The van der Waals surface area contributed by atoms with Crippen LogP contribution >= 0.6 is 0 Å². The van der Waals surface area contributed by atoms with Gasteiger partial charge in [-0.15, -0.1) is 0 Å². The maximum absolute atomic E-state index is 5.92. The third kappa shape index (κ3) is 5.57. The first kappa shape index (κ1) is 18.9. The van der Waals surface area contributed by atoms with E-state index in [2.05, 4.69) is 6.92 Å². The average Bonchev–Trinajstić information content (AvgIpc) is 2.53. The first-order valence-corrected chi connectivity index (χ1v) is 9.81. The maximum Gasteiger partial charge on any atom is 0.543 e. The third-order valence-electron chi connectivity index (χ3n) is 3.10. The molecule has 5 heteroatoms. The van der Waals surface area contributed by atoms with Crippen molar-refractivity contribution >= 4 is 14.9 Å². The molecule has 22 heavy (non-hydrogen) atoms. The fraction of sp³-hybridized carbons (Fsp3) is 0.529. The van der Waals surface area contributed by atoms with Crippen LogP contribution in [0.25, 0.3) is 6.08 Å². The van der Waals surface area contributed by atoms with Gasteiger partial charge in [0.1, 0.15) is 0 Å². The van der Waals surface area contributed by atoms with Crippen molar-refractivity contribution in [2.45, 2.75) is 39.8 Å². The van der Waals surface area contributed by atoms with E-state index in [0.717, 1.165) is 12.0 Å². The van der Waals surface area contributed by atoms with Crippen molar-refractivity contribution in [1.29, 1.82) is 0 Å². The van der Waals surface area contributed by atoms with Crippen molar-refractivity contribution in [3.63, 3.8) is 0 Å². The van der Waals surface area contributed by atoms with Gasteiger partial charge in [0, 0.05) is 19.8 Å². The van der Waals surface area contributed by atoms with E-state index in [1.54, 1.807) is 6.26 Å². The second-order valence-corrected chi connectivity index (χ2v) is 7.37. The molecule has 0 amide bonds. The lowest BCUT2D eigenvalue weighted by atomic mass is 10.2. The summed E-state index contributed by atoms with van der Waals surface area (Å²) in [5.74, 6) is 0. The Morgan fingerprint density at radius 2 is 1.45 bits per heavy atom. The predicted octanol–water partition coefficient (Wildman–Crippen LogP) is 4.04. The van der Waals surface area contributed by atoms with Gasteiger partial charge in [0.05, 0.1) is 6.26 Å². The summed E-state index contributed by atoms with van der Waals surface area (Å²) >= 11 is 0. The minimum absolute atomic E-state index is 0.202. The van der Waals surface area contributed by atoms with Crippen molar-refractivity contribution in [2.24, 2.45) is 0 Å². The normalized spacial score (nSPS) is 13.5. The van der Waals surface area contributed by atoms with E-state index in [4.69, 9.17) is 18.0 Å². The Labute approximate surface area is 135 Å². The topological polar surface area (TPSA) is 36.9 Å². The molecule has 0 radical (unpaired) electrons. The fourth-order valence-electron chi connectivity index (χ4n) is 2.21. The molecule has 0 aliphatic carbocycles. The van der Waals surface area contributed by atoms with Gasteiger partial charge in [-0.1, -0.05) is 37.3 Å². The second kappa shape index (κ2) is 10.6. The Balaban J connectivity index is 2.81. The Morgan fingerprint density at radius 1 is 0.909 bits per heavy atom. The monoisotopic (exact) mass is 324 g/mol. The van der Waals surface area contributed by atoms with Crippen molar-refractivity contribution < 1.29 is 18.0 Å². The van der Waals surface area contributed by atoms with E-state index in [1.807, 2.05) is 57.2 Å². The molecular formula is C17H28O4Si. The largest absolute Gasteiger partial charge is 0.543 e. The Bertz CT molecular complexity index is 405. The second-order valence-electron chi connectivity index (χ2n) is 4.65. The highest BCUT2D eigenvalue weighted by molar-refractivity contribution is 6.62. The fourth-order valence-corrected chi connectivity index (χ4v) is 4.97. The Kier molecular flexibility index (Phi) is 9.08. The summed E-state index contributed by atoms with van der Waals surface area (Å²) < 4.78 is 23.6. The predicted molar refractivity (Wildman–Crippen MR) is 91.3 cm³/mol. The highest BCUT2D eigenvalue weighted by Gasteiger charge is 2.50. The molecule has 124 valence electrons. The molecule has 1 rings (SSSR count). The summed E-state index contributed by atoms with van der Waals surface area (Å²) in [6.07, 6.45) is 4.42. The van der Waals surface area contributed by atoms with Crippen LogP contribution in [0, 0.1) is 0 Å². The average molecular weight is 324 g/mol. The number of benzene rings is 1. The van der Waals surface area contributed by atoms with Crippen molar-refractivity contribution in [3.05, 3.63) is 42.2 Å². The van der Waals surface area contributed by atoms with Crippen LogP contribution in [0.1, 0.15) is 39.7 Å². The zero-order chi connectivity index (χ0) is 16.3. The quantitative estimate of drug-likeness (QED) is 0.455. The SMILES string of the molecule is CCO[Si](OCC)(OCC)C(CC)OC=Cc1ccccc1. The number of hydrogen-bond donors (Lipinski definition) is 0. The Morgan fingerprint density at radius 3 is 1.91 bits per heavy atom. The smallest absolute Gasteiger partial charge is 0.493 e. The molecular weight excluding hydrogens is 296 g/mol. The van der Waals surface area contributed by atoms with Gasteiger partial charge in [0.2, 0.25) is 0 Å². The minimum atomic E-state index is -2.84. The molecule has 0 spiro atoms. The molecule has 0 heterocycles. The van der Waals surface area contributed by atoms with Crippen molar-refractivity contribution in [3.8, 4) is 0 Å². The summed E-state index contributed by atoms with van der Waals surface area (Å²) in [5, 5.41) is 0. The lowest BCUT2D eigenvalue weighted by Crippen LogP contribution is -2.57. The lowest BCUT2D eigenvalue weighted by molar-refractivity contribution is 0.0166. The summed E-state index contributed by atoms with van der Waals surface area (Å²) in [7, 11) is -2.84. The molecule has 1 aromatic rings. The minimum Gasteiger partial charge on any atom is -0.493 e. The van der Waals surface area contributed by atoms with E-state index in [-0.39, 0.29) is 5.73 Å². The maximum atomic E-state index is 5.92. The molecule has 0 aliphatic rings. The molecule has 0 fully saturated rings. The van der Waals surface area contributed by atoms with Crippen molar-refractivity contribution in [1.82, 2.24) is 0 Å². The first-order valence-electron chi connectivity index (χ1n) is 8.01. The lowest BCUT2D eigenvalue weighted by Gasteiger charge is -2.33. The molecule has 0 saturated carbocycles. The molecule has 0 aliphatic heterocycles. The molecule has 0 saturated heterocycles. The van der Waals surface area contributed by atoms with Gasteiger partial charge >= 0.3 is 8.80 Å². The highest BCUT2D eigenvalue weighted by atomic mass is 28.4. The van der Waals surface area contributed by atoms with E-state index in [9.17, 15) is 0 Å². The third-order valence-corrected chi connectivity index (χ3v) is 6.51. The summed E-state index contributed by atoms with van der Waals surface area (Å²) in [4.78, 5) is 0. The van der Waals surface area contributed by atoms with E-state index in [0.29, 0.717) is 19.8 Å². The van der Waals surface area contributed by atoms with E-state index < -0.39 is 8.80 Å². The number of rotatable bonds is 11. The van der Waals surface area contributed by atoms with Crippen LogP contribution in [0.15, 0.2) is 36.6 Å². The molecule has 1 aromatic carbocycles. The molecule has 0 aromatic heterocycles. The summed E-state index contributed by atoms with van der Waals surface area (Å²) in [6, 6.07) is 10.0. The van der Waals surface area contributed by atoms with Gasteiger partial charge in [0.25, 0.3) is 0 Å². The van der Waals surface area contributed by atoms with Crippen LogP contribution in [0.2, 0.25) is 0 Å². The first-order chi connectivity index (χ1) is 10.7. The number of hydrogen-bond acceptors (Lipinski definition) is 4. The molecule has 0 N–H and O–H groups in total. The molecule has 1 atom stereocenters. The summed E-state index contributed by atoms with van der Waals surface area (Å²) in [6.45, 7) is 9.56. The van der Waals surface area contributed by atoms with Crippen LogP contribution in [-0.2, 0) is 18.0 Å². The van der Waals surface area contributed by atoms with Crippen LogP contribution in [0.3, 0.4) is 0 Å². The van der Waals surface area contributed by atoms with Gasteiger partial charge in [-0.2, -0.15) is 0 Å². The van der Waals surface area contributed by atoms with Gasteiger partial charge in [-0.05, 0) is 38.8 Å². The van der Waals surface area contributed by atoms with Crippen LogP contribution in [-0.4, -0.2) is 34.4 Å². The zero-order valence-corrected chi connectivity index (χ0v) is 15.1. The zero-order valence-electron chi connectivity index (χ0n) is 14.1.